The monoisotopic (exact) mass is 232 g/mol. The predicted octanol–water partition coefficient (Wildman–Crippen LogP) is 2.21. The molecule has 0 aliphatic carbocycles. The number of nitroso groups, excluding NO2 is 2. The molecule has 0 spiro atoms. The number of hydrogen-bond acceptors (Lipinski definition) is 6. The standard InChI is InChI=1S/C9H16N2O3S/c1-2-3-5-14-7-9(11-13)8-15-6-4-10-12/h2,9H,1,3-8H2. The van der Waals surface area contributed by atoms with E-state index in [9.17, 15) is 9.81 Å². The van der Waals surface area contributed by atoms with Crippen molar-refractivity contribution in [1.82, 2.24) is 0 Å². The number of nitrogens with zero attached hydrogens (tertiary/aromatic N) is 2. The molecule has 0 radical (unpaired) electrons. The molecule has 86 valence electrons. The van der Waals surface area contributed by atoms with Gasteiger partial charge in [0.2, 0.25) is 0 Å². The Hall–Kier alpha value is -0.750. The second kappa shape index (κ2) is 11.3. The molecule has 0 aromatic heterocycles. The quantitative estimate of drug-likeness (QED) is 0.311. The summed E-state index contributed by atoms with van der Waals surface area (Å²) in [7, 11) is 0. The first-order chi connectivity index (χ1) is 7.35. The van der Waals surface area contributed by atoms with Gasteiger partial charge in [-0.05, 0) is 6.42 Å². The van der Waals surface area contributed by atoms with E-state index >= 15 is 0 Å². The molecule has 0 rings (SSSR count). The van der Waals surface area contributed by atoms with E-state index in [0.29, 0.717) is 24.7 Å². The lowest BCUT2D eigenvalue weighted by atomic mass is 10.4. The average molecular weight is 232 g/mol. The highest BCUT2D eigenvalue weighted by molar-refractivity contribution is 7.99. The van der Waals surface area contributed by atoms with Gasteiger partial charge in [-0.2, -0.15) is 21.6 Å². The molecule has 0 N–H and O–H groups in total. The van der Waals surface area contributed by atoms with Crippen LogP contribution < -0.4 is 0 Å². The lowest BCUT2D eigenvalue weighted by Gasteiger charge is -2.08. The van der Waals surface area contributed by atoms with E-state index in [0.717, 1.165) is 6.42 Å². The first kappa shape index (κ1) is 14.2. The summed E-state index contributed by atoms with van der Waals surface area (Å²) in [6.07, 6.45) is 2.53. The molecule has 5 nitrogen and oxygen atoms in total. The summed E-state index contributed by atoms with van der Waals surface area (Å²) in [5.74, 6) is 1.20. The number of ether oxygens (including phenoxy) is 1. The molecule has 0 aromatic rings. The van der Waals surface area contributed by atoms with Gasteiger partial charge < -0.3 is 4.74 Å². The molecule has 0 aliphatic heterocycles. The zero-order valence-electron chi connectivity index (χ0n) is 8.63. The summed E-state index contributed by atoms with van der Waals surface area (Å²) in [4.78, 5) is 20.2. The van der Waals surface area contributed by atoms with Crippen molar-refractivity contribution in [3.63, 3.8) is 0 Å². The van der Waals surface area contributed by atoms with Crippen LogP contribution in [0.4, 0.5) is 0 Å². The fraction of sp³-hybridized carbons (Fsp3) is 0.778. The lowest BCUT2D eigenvalue weighted by Crippen LogP contribution is -2.16. The molecule has 15 heavy (non-hydrogen) atoms. The number of hydrogen-bond donors (Lipinski definition) is 0. The molecule has 0 heterocycles. The summed E-state index contributed by atoms with van der Waals surface area (Å²) >= 11 is 1.49. The topological polar surface area (TPSA) is 68.1 Å². The summed E-state index contributed by atoms with van der Waals surface area (Å²) in [6, 6.07) is -0.341. The fourth-order valence-electron chi connectivity index (χ4n) is 0.816. The van der Waals surface area contributed by atoms with Crippen LogP contribution in [-0.2, 0) is 4.74 Å². The number of rotatable bonds is 11. The Morgan fingerprint density at radius 1 is 1.47 bits per heavy atom. The first-order valence-electron chi connectivity index (χ1n) is 4.73. The van der Waals surface area contributed by atoms with Crippen molar-refractivity contribution in [3.05, 3.63) is 22.5 Å². The third kappa shape index (κ3) is 9.55. The lowest BCUT2D eigenvalue weighted by molar-refractivity contribution is 0.130. The minimum atomic E-state index is -0.341. The van der Waals surface area contributed by atoms with E-state index in [1.807, 2.05) is 0 Å². The highest BCUT2D eigenvalue weighted by Gasteiger charge is 2.08. The van der Waals surface area contributed by atoms with E-state index in [4.69, 9.17) is 4.74 Å². The molecule has 1 unspecified atom stereocenters. The van der Waals surface area contributed by atoms with Crippen molar-refractivity contribution < 1.29 is 4.74 Å². The van der Waals surface area contributed by atoms with Crippen LogP contribution in [0.5, 0.6) is 0 Å². The van der Waals surface area contributed by atoms with Gasteiger partial charge in [-0.1, -0.05) is 16.4 Å². The van der Waals surface area contributed by atoms with Crippen LogP contribution in [0.3, 0.4) is 0 Å². The molecule has 0 amide bonds. The zero-order valence-corrected chi connectivity index (χ0v) is 9.45. The van der Waals surface area contributed by atoms with Gasteiger partial charge in [-0.3, -0.25) is 0 Å². The van der Waals surface area contributed by atoms with E-state index in [-0.39, 0.29) is 12.6 Å². The molecule has 0 aromatic carbocycles. The molecule has 0 saturated heterocycles. The highest BCUT2D eigenvalue weighted by atomic mass is 32.2. The average Bonchev–Trinajstić information content (AvgIpc) is 2.27. The molecule has 0 fully saturated rings. The second-order valence-corrected chi connectivity index (χ2v) is 3.99. The van der Waals surface area contributed by atoms with Crippen molar-refractivity contribution >= 4 is 11.8 Å². The van der Waals surface area contributed by atoms with Gasteiger partial charge in [-0.25, -0.2) is 0 Å². The van der Waals surface area contributed by atoms with Gasteiger partial charge in [0.05, 0.1) is 19.8 Å². The zero-order chi connectivity index (χ0) is 11.4. The summed E-state index contributed by atoms with van der Waals surface area (Å²) in [5.41, 5.74) is 0. The Balaban J connectivity index is 3.41. The predicted molar refractivity (Wildman–Crippen MR) is 63.2 cm³/mol. The SMILES string of the molecule is C=CCCOCC(CSCCN=O)N=O. The Morgan fingerprint density at radius 2 is 2.27 bits per heavy atom. The third-order valence-corrected chi connectivity index (χ3v) is 2.65. The normalized spacial score (nSPS) is 12.0. The van der Waals surface area contributed by atoms with Gasteiger partial charge >= 0.3 is 0 Å². The van der Waals surface area contributed by atoms with E-state index in [2.05, 4.69) is 16.9 Å². The van der Waals surface area contributed by atoms with Gasteiger partial charge in [0, 0.05) is 11.5 Å². The summed E-state index contributed by atoms with van der Waals surface area (Å²) < 4.78 is 5.22. The molecule has 0 bridgehead atoms. The molecular weight excluding hydrogens is 216 g/mol. The second-order valence-electron chi connectivity index (χ2n) is 2.84. The molecular formula is C9H16N2O3S. The maximum absolute atomic E-state index is 10.4. The van der Waals surface area contributed by atoms with Gasteiger partial charge in [0.25, 0.3) is 0 Å². The Morgan fingerprint density at radius 3 is 2.87 bits per heavy atom. The van der Waals surface area contributed by atoms with Crippen LogP contribution in [0.15, 0.2) is 23.0 Å². The van der Waals surface area contributed by atoms with Crippen molar-refractivity contribution in [3.8, 4) is 0 Å². The first-order valence-corrected chi connectivity index (χ1v) is 5.88. The molecule has 0 aliphatic rings. The van der Waals surface area contributed by atoms with Gasteiger partial charge in [0.15, 0.2) is 0 Å². The molecule has 0 saturated carbocycles. The van der Waals surface area contributed by atoms with E-state index in [1.165, 1.54) is 11.8 Å². The van der Waals surface area contributed by atoms with Crippen molar-refractivity contribution in [2.45, 2.75) is 12.5 Å². The Kier molecular flexibility index (Phi) is 10.8. The smallest absolute Gasteiger partial charge is 0.124 e. The molecule has 6 heteroatoms. The fourth-order valence-corrected chi connectivity index (χ4v) is 1.62. The Bertz CT molecular complexity index is 174. The van der Waals surface area contributed by atoms with Crippen molar-refractivity contribution in [2.24, 2.45) is 10.4 Å². The van der Waals surface area contributed by atoms with E-state index in [1.54, 1.807) is 6.08 Å². The van der Waals surface area contributed by atoms with Crippen LogP contribution in [0.25, 0.3) is 0 Å². The van der Waals surface area contributed by atoms with Crippen LogP contribution in [0, 0.1) is 9.81 Å². The van der Waals surface area contributed by atoms with Crippen molar-refractivity contribution in [2.75, 3.05) is 31.3 Å². The van der Waals surface area contributed by atoms with Crippen LogP contribution in [0.1, 0.15) is 6.42 Å². The maximum atomic E-state index is 10.4. The van der Waals surface area contributed by atoms with Crippen molar-refractivity contribution in [1.29, 1.82) is 0 Å². The highest BCUT2D eigenvalue weighted by Crippen LogP contribution is 2.06. The minimum Gasteiger partial charge on any atom is -0.379 e. The largest absolute Gasteiger partial charge is 0.379 e. The van der Waals surface area contributed by atoms with Crippen LogP contribution in [-0.4, -0.2) is 37.3 Å². The van der Waals surface area contributed by atoms with Crippen LogP contribution in [0.2, 0.25) is 0 Å². The van der Waals surface area contributed by atoms with Gasteiger partial charge in [0.1, 0.15) is 6.04 Å². The maximum Gasteiger partial charge on any atom is 0.124 e. The third-order valence-electron chi connectivity index (χ3n) is 1.56. The summed E-state index contributed by atoms with van der Waals surface area (Å²) in [6.45, 7) is 4.73. The minimum absolute atomic E-state index is 0.271. The summed E-state index contributed by atoms with van der Waals surface area (Å²) in [5, 5.41) is 5.68. The molecule has 1 atom stereocenters. The van der Waals surface area contributed by atoms with E-state index < -0.39 is 0 Å². The Labute approximate surface area is 93.6 Å². The van der Waals surface area contributed by atoms with Gasteiger partial charge in [-0.15, -0.1) is 6.58 Å². The number of thioether (sulfide) groups is 1. The van der Waals surface area contributed by atoms with Crippen LogP contribution >= 0.6 is 11.8 Å².